The zero-order chi connectivity index (χ0) is 25.2. The number of hydrogen-bond acceptors (Lipinski definition) is 6. The SMILES string of the molecule is CN=C(CC=N)c1nnc(N2CCC(N(C)Cc3ccc(F)cc3C(F)(F)F)C2)c2ccccc12. The largest absolute Gasteiger partial charge is 0.416 e. The molecule has 1 unspecified atom stereocenters. The zero-order valence-corrected chi connectivity index (χ0v) is 19.5. The monoisotopic (exact) mass is 486 g/mol. The first-order valence-corrected chi connectivity index (χ1v) is 11.2. The van der Waals surface area contributed by atoms with Crippen LogP contribution in [0, 0.1) is 11.2 Å². The summed E-state index contributed by atoms with van der Waals surface area (Å²) in [5.74, 6) is -0.190. The Balaban J connectivity index is 1.57. The van der Waals surface area contributed by atoms with Crippen molar-refractivity contribution in [3.63, 3.8) is 0 Å². The third-order valence-corrected chi connectivity index (χ3v) is 6.39. The van der Waals surface area contributed by atoms with Gasteiger partial charge in [0.05, 0.1) is 11.3 Å². The fourth-order valence-electron chi connectivity index (χ4n) is 4.57. The van der Waals surface area contributed by atoms with Gasteiger partial charge in [-0.3, -0.25) is 9.89 Å². The van der Waals surface area contributed by atoms with Crippen molar-refractivity contribution in [1.82, 2.24) is 15.1 Å². The summed E-state index contributed by atoms with van der Waals surface area (Å²) in [4.78, 5) is 8.23. The number of anilines is 1. The molecule has 1 atom stereocenters. The minimum atomic E-state index is -4.62. The number of benzene rings is 2. The highest BCUT2D eigenvalue weighted by atomic mass is 19.4. The maximum Gasteiger partial charge on any atom is 0.416 e. The fraction of sp³-hybridized carbons (Fsp3) is 0.360. The lowest BCUT2D eigenvalue weighted by Gasteiger charge is -2.26. The molecule has 2 heterocycles. The molecule has 1 aliphatic rings. The number of nitrogens with zero attached hydrogens (tertiary/aromatic N) is 5. The molecule has 1 saturated heterocycles. The molecular formula is C25H26F4N6. The Bertz CT molecular complexity index is 1260. The minimum absolute atomic E-state index is 0.00736. The summed E-state index contributed by atoms with van der Waals surface area (Å²) in [6.07, 6.45) is -2.24. The van der Waals surface area contributed by atoms with Gasteiger partial charge < -0.3 is 10.3 Å². The standard InChI is InChI=1S/C25H26F4N6/c1-31-22(9-11-30)23-19-5-3-4-6-20(19)24(33-32-23)35-12-10-18(15-35)34(2)14-16-7-8-17(26)13-21(16)25(27,28)29/h3-8,11,13,18,30H,9-10,12,14-15H2,1-2H3. The topological polar surface area (TPSA) is 68.5 Å². The number of hydrogen-bond donors (Lipinski definition) is 1. The maximum atomic E-state index is 13.5. The van der Waals surface area contributed by atoms with Crippen molar-refractivity contribution in [3.05, 3.63) is 65.1 Å². The van der Waals surface area contributed by atoms with E-state index < -0.39 is 17.6 Å². The van der Waals surface area contributed by atoms with Crippen LogP contribution in [-0.2, 0) is 12.7 Å². The van der Waals surface area contributed by atoms with Gasteiger partial charge >= 0.3 is 6.18 Å². The van der Waals surface area contributed by atoms with E-state index in [1.807, 2.05) is 29.2 Å². The van der Waals surface area contributed by atoms with Crippen molar-refractivity contribution < 1.29 is 17.6 Å². The Morgan fingerprint density at radius 2 is 1.94 bits per heavy atom. The Labute approximate surface area is 200 Å². The second kappa shape index (κ2) is 10.1. The van der Waals surface area contributed by atoms with Crippen molar-refractivity contribution >= 4 is 28.5 Å². The van der Waals surface area contributed by atoms with Crippen LogP contribution >= 0.6 is 0 Å². The summed E-state index contributed by atoms with van der Waals surface area (Å²) in [5.41, 5.74) is 0.422. The normalized spacial score (nSPS) is 16.9. The predicted octanol–water partition coefficient (Wildman–Crippen LogP) is 4.96. The molecular weight excluding hydrogens is 460 g/mol. The number of rotatable bonds is 7. The lowest BCUT2D eigenvalue weighted by atomic mass is 10.1. The van der Waals surface area contributed by atoms with Crippen LogP contribution in [0.4, 0.5) is 23.4 Å². The van der Waals surface area contributed by atoms with Gasteiger partial charge in [-0.25, -0.2) is 4.39 Å². The second-order valence-electron chi connectivity index (χ2n) is 8.60. The highest BCUT2D eigenvalue weighted by molar-refractivity contribution is 6.14. The van der Waals surface area contributed by atoms with E-state index >= 15 is 0 Å². The van der Waals surface area contributed by atoms with E-state index in [-0.39, 0.29) is 18.2 Å². The van der Waals surface area contributed by atoms with E-state index in [9.17, 15) is 17.6 Å². The number of halogens is 4. The average Bonchev–Trinajstić information content (AvgIpc) is 3.33. The van der Waals surface area contributed by atoms with Crippen molar-refractivity contribution in [3.8, 4) is 0 Å². The third kappa shape index (κ3) is 5.17. The van der Waals surface area contributed by atoms with Crippen LogP contribution in [0.15, 0.2) is 47.5 Å². The second-order valence-corrected chi connectivity index (χ2v) is 8.60. The Hall–Kier alpha value is -3.40. The van der Waals surface area contributed by atoms with Crippen LogP contribution in [-0.4, -0.2) is 60.3 Å². The molecule has 0 spiro atoms. The van der Waals surface area contributed by atoms with E-state index in [1.165, 1.54) is 12.3 Å². The molecule has 184 valence electrons. The van der Waals surface area contributed by atoms with Crippen LogP contribution < -0.4 is 4.90 Å². The van der Waals surface area contributed by atoms with Gasteiger partial charge in [-0.2, -0.15) is 13.2 Å². The van der Waals surface area contributed by atoms with Crippen molar-refractivity contribution in [2.24, 2.45) is 4.99 Å². The molecule has 0 radical (unpaired) electrons. The number of aliphatic imine (C=N–C) groups is 1. The number of nitrogens with one attached hydrogen (secondary N) is 1. The minimum Gasteiger partial charge on any atom is -0.353 e. The predicted molar refractivity (Wildman–Crippen MR) is 129 cm³/mol. The fourth-order valence-corrected chi connectivity index (χ4v) is 4.57. The van der Waals surface area contributed by atoms with Gasteiger partial charge in [-0.15, -0.1) is 10.2 Å². The Morgan fingerprint density at radius 1 is 1.20 bits per heavy atom. The molecule has 6 nitrogen and oxygen atoms in total. The van der Waals surface area contributed by atoms with Gasteiger partial charge in [0, 0.05) is 56.1 Å². The molecule has 0 bridgehead atoms. The molecule has 10 heteroatoms. The summed E-state index contributed by atoms with van der Waals surface area (Å²) in [5, 5.41) is 18.1. The van der Waals surface area contributed by atoms with Crippen molar-refractivity contribution in [2.75, 3.05) is 32.1 Å². The molecule has 35 heavy (non-hydrogen) atoms. The number of alkyl halides is 3. The molecule has 1 N–H and O–H groups in total. The van der Waals surface area contributed by atoms with Gasteiger partial charge in [0.25, 0.3) is 0 Å². The summed E-state index contributed by atoms with van der Waals surface area (Å²) in [6.45, 7) is 1.31. The Morgan fingerprint density at radius 3 is 2.63 bits per heavy atom. The first-order valence-electron chi connectivity index (χ1n) is 11.2. The van der Waals surface area contributed by atoms with Crippen LogP contribution in [0.3, 0.4) is 0 Å². The summed E-state index contributed by atoms with van der Waals surface area (Å²) in [6, 6.07) is 10.6. The summed E-state index contributed by atoms with van der Waals surface area (Å²) >= 11 is 0. The molecule has 4 rings (SSSR count). The van der Waals surface area contributed by atoms with Gasteiger partial charge in [0.2, 0.25) is 0 Å². The highest BCUT2D eigenvalue weighted by Crippen LogP contribution is 2.34. The van der Waals surface area contributed by atoms with E-state index in [4.69, 9.17) is 5.41 Å². The number of aromatic nitrogens is 2. The first kappa shape index (κ1) is 24.7. The van der Waals surface area contributed by atoms with Crippen LogP contribution in [0.5, 0.6) is 0 Å². The summed E-state index contributed by atoms with van der Waals surface area (Å²) < 4.78 is 53.7. The molecule has 2 aromatic carbocycles. The van der Waals surface area contributed by atoms with Gasteiger partial charge in [-0.1, -0.05) is 30.3 Å². The van der Waals surface area contributed by atoms with Crippen molar-refractivity contribution in [2.45, 2.75) is 31.6 Å². The van der Waals surface area contributed by atoms with E-state index in [1.54, 1.807) is 14.1 Å². The zero-order valence-electron chi connectivity index (χ0n) is 19.5. The number of fused-ring (bicyclic) bond motifs is 1. The Kier molecular flexibility index (Phi) is 7.11. The van der Waals surface area contributed by atoms with E-state index in [0.29, 0.717) is 42.8 Å². The lowest BCUT2D eigenvalue weighted by Crippen LogP contribution is -2.35. The summed E-state index contributed by atoms with van der Waals surface area (Å²) in [7, 11) is 3.45. The number of likely N-dealkylation sites (N-methyl/N-ethyl adjacent to an activating group) is 1. The van der Waals surface area contributed by atoms with Gasteiger partial charge in [0.15, 0.2) is 5.82 Å². The lowest BCUT2D eigenvalue weighted by molar-refractivity contribution is -0.138. The molecule has 0 aliphatic carbocycles. The highest BCUT2D eigenvalue weighted by Gasteiger charge is 2.35. The maximum absolute atomic E-state index is 13.5. The molecule has 1 aliphatic heterocycles. The average molecular weight is 487 g/mol. The third-order valence-electron chi connectivity index (χ3n) is 6.39. The smallest absolute Gasteiger partial charge is 0.353 e. The van der Waals surface area contributed by atoms with E-state index in [2.05, 4.69) is 20.1 Å². The molecule has 0 amide bonds. The molecule has 1 fully saturated rings. The van der Waals surface area contributed by atoms with Crippen LogP contribution in [0.2, 0.25) is 0 Å². The molecule has 1 aromatic heterocycles. The van der Waals surface area contributed by atoms with Crippen molar-refractivity contribution in [1.29, 1.82) is 5.41 Å². The van der Waals surface area contributed by atoms with Gasteiger partial charge in [-0.05, 0) is 31.2 Å². The molecule has 0 saturated carbocycles. The molecule has 3 aromatic rings. The van der Waals surface area contributed by atoms with Crippen LogP contribution in [0.25, 0.3) is 10.8 Å². The van der Waals surface area contributed by atoms with Gasteiger partial charge in [0.1, 0.15) is 11.5 Å². The van der Waals surface area contributed by atoms with Crippen LogP contribution in [0.1, 0.15) is 29.7 Å². The first-order chi connectivity index (χ1) is 16.7. The van der Waals surface area contributed by atoms with E-state index in [0.717, 1.165) is 23.3 Å². The quantitative estimate of drug-likeness (QED) is 0.379.